The number of hydrogen-bond donors (Lipinski definition) is 3. The lowest BCUT2D eigenvalue weighted by atomic mass is 9.70. The van der Waals surface area contributed by atoms with Gasteiger partial charge in [0.15, 0.2) is 0 Å². The van der Waals surface area contributed by atoms with Gasteiger partial charge in [-0.25, -0.2) is 0 Å². The number of amides is 2. The summed E-state index contributed by atoms with van der Waals surface area (Å²) in [6.45, 7) is 7.52. The van der Waals surface area contributed by atoms with E-state index in [1.165, 1.54) is 6.42 Å². The lowest BCUT2D eigenvalue weighted by molar-refractivity contribution is -0.129. The van der Waals surface area contributed by atoms with Gasteiger partial charge in [-0.2, -0.15) is 0 Å². The van der Waals surface area contributed by atoms with E-state index in [-0.39, 0.29) is 36.7 Å². The van der Waals surface area contributed by atoms with E-state index < -0.39 is 0 Å². The molecule has 0 aliphatic heterocycles. The van der Waals surface area contributed by atoms with Crippen LogP contribution >= 0.6 is 12.4 Å². The first-order valence-electron chi connectivity index (χ1n) is 7.70. The molecule has 0 aromatic rings. The summed E-state index contributed by atoms with van der Waals surface area (Å²) in [5.41, 5.74) is 5.20. The lowest BCUT2D eigenvalue weighted by Gasteiger charge is -2.36. The molecule has 0 heterocycles. The maximum Gasteiger partial charge on any atom is 0.233 e. The summed E-state index contributed by atoms with van der Waals surface area (Å²) in [7, 11) is 0. The SMILES string of the molecule is CC1CCC(C(C)C)C(C(=O)NCCNC(=O)CN)C1.Cl. The zero-order valence-corrected chi connectivity index (χ0v) is 14.2. The minimum absolute atomic E-state index is 0. The fraction of sp³-hybridized carbons (Fsp3) is 0.867. The van der Waals surface area contributed by atoms with Crippen molar-refractivity contribution < 1.29 is 9.59 Å². The second-order valence-corrected chi connectivity index (χ2v) is 6.28. The molecule has 0 radical (unpaired) electrons. The summed E-state index contributed by atoms with van der Waals surface area (Å²) in [4.78, 5) is 23.3. The summed E-state index contributed by atoms with van der Waals surface area (Å²) in [6, 6.07) is 0. The zero-order chi connectivity index (χ0) is 15.1. The van der Waals surface area contributed by atoms with E-state index in [2.05, 4.69) is 31.4 Å². The van der Waals surface area contributed by atoms with Crippen LogP contribution in [0, 0.1) is 23.7 Å². The highest BCUT2D eigenvalue weighted by Crippen LogP contribution is 2.37. The molecular formula is C15H30ClN3O2. The van der Waals surface area contributed by atoms with E-state index in [0.29, 0.717) is 30.8 Å². The fourth-order valence-corrected chi connectivity index (χ4v) is 3.09. The van der Waals surface area contributed by atoms with Gasteiger partial charge in [0.05, 0.1) is 6.54 Å². The Hall–Kier alpha value is -0.810. The van der Waals surface area contributed by atoms with Crippen molar-refractivity contribution in [2.24, 2.45) is 29.4 Å². The van der Waals surface area contributed by atoms with E-state index in [1.807, 2.05) is 0 Å². The van der Waals surface area contributed by atoms with Crippen molar-refractivity contribution in [2.75, 3.05) is 19.6 Å². The fourth-order valence-electron chi connectivity index (χ4n) is 3.09. The third kappa shape index (κ3) is 6.66. The van der Waals surface area contributed by atoms with Gasteiger partial charge in [-0.1, -0.05) is 27.2 Å². The Labute approximate surface area is 134 Å². The number of carbonyl (C=O) groups is 2. The summed E-state index contributed by atoms with van der Waals surface area (Å²) in [6.07, 6.45) is 3.34. The number of nitrogens with one attached hydrogen (secondary N) is 2. The number of rotatable bonds is 6. The van der Waals surface area contributed by atoms with Crippen molar-refractivity contribution in [1.82, 2.24) is 10.6 Å². The Balaban J connectivity index is 0.00000400. The Morgan fingerprint density at radius 1 is 1.19 bits per heavy atom. The quantitative estimate of drug-likeness (QED) is 0.645. The van der Waals surface area contributed by atoms with Crippen LogP contribution in [-0.2, 0) is 9.59 Å². The van der Waals surface area contributed by atoms with Crippen LogP contribution in [0.15, 0.2) is 0 Å². The van der Waals surface area contributed by atoms with Gasteiger partial charge < -0.3 is 16.4 Å². The molecule has 6 heteroatoms. The normalized spacial score (nSPS) is 25.1. The molecule has 1 aliphatic carbocycles. The van der Waals surface area contributed by atoms with Crippen LogP contribution in [0.2, 0.25) is 0 Å². The van der Waals surface area contributed by atoms with E-state index >= 15 is 0 Å². The average Bonchev–Trinajstić information content (AvgIpc) is 2.42. The maximum absolute atomic E-state index is 12.3. The number of carbonyl (C=O) groups excluding carboxylic acids is 2. The molecular weight excluding hydrogens is 290 g/mol. The molecule has 2 amide bonds. The topological polar surface area (TPSA) is 84.2 Å². The van der Waals surface area contributed by atoms with Crippen LogP contribution in [0.1, 0.15) is 40.0 Å². The Morgan fingerprint density at radius 2 is 1.81 bits per heavy atom. The second-order valence-electron chi connectivity index (χ2n) is 6.28. The number of halogens is 1. The lowest BCUT2D eigenvalue weighted by Crippen LogP contribution is -2.43. The van der Waals surface area contributed by atoms with Crippen LogP contribution in [0.25, 0.3) is 0 Å². The smallest absolute Gasteiger partial charge is 0.233 e. The summed E-state index contributed by atoms with van der Waals surface area (Å²) in [5, 5.41) is 5.60. The van der Waals surface area contributed by atoms with E-state index in [1.54, 1.807) is 0 Å². The molecule has 0 spiro atoms. The predicted molar refractivity (Wildman–Crippen MR) is 87.2 cm³/mol. The van der Waals surface area contributed by atoms with Crippen LogP contribution < -0.4 is 16.4 Å². The van der Waals surface area contributed by atoms with E-state index in [9.17, 15) is 9.59 Å². The number of hydrogen-bond acceptors (Lipinski definition) is 3. The van der Waals surface area contributed by atoms with Gasteiger partial charge in [0, 0.05) is 19.0 Å². The molecule has 0 saturated heterocycles. The molecule has 1 aliphatic rings. The first-order chi connectivity index (χ1) is 9.45. The van der Waals surface area contributed by atoms with Crippen LogP contribution in [-0.4, -0.2) is 31.4 Å². The molecule has 3 unspecified atom stereocenters. The van der Waals surface area contributed by atoms with Gasteiger partial charge in [0.25, 0.3) is 0 Å². The molecule has 0 aromatic carbocycles. The standard InChI is InChI=1S/C15H29N3O2.ClH/c1-10(2)12-5-4-11(3)8-13(12)15(20)18-7-6-17-14(19)9-16;/h10-13H,4-9,16H2,1-3H3,(H,17,19)(H,18,20);1H. The Bertz CT molecular complexity index is 337. The van der Waals surface area contributed by atoms with E-state index in [0.717, 1.165) is 12.8 Å². The minimum atomic E-state index is -0.189. The zero-order valence-electron chi connectivity index (χ0n) is 13.4. The maximum atomic E-state index is 12.3. The summed E-state index contributed by atoms with van der Waals surface area (Å²) in [5.74, 6) is 1.70. The molecule has 0 bridgehead atoms. The van der Waals surface area contributed by atoms with Crippen molar-refractivity contribution in [3.8, 4) is 0 Å². The molecule has 1 fully saturated rings. The number of nitrogens with two attached hydrogens (primary N) is 1. The molecule has 124 valence electrons. The highest BCUT2D eigenvalue weighted by molar-refractivity contribution is 5.85. The molecule has 4 N–H and O–H groups in total. The van der Waals surface area contributed by atoms with E-state index in [4.69, 9.17) is 5.73 Å². The highest BCUT2D eigenvalue weighted by atomic mass is 35.5. The minimum Gasteiger partial charge on any atom is -0.354 e. The van der Waals surface area contributed by atoms with Crippen LogP contribution in [0.3, 0.4) is 0 Å². The molecule has 3 atom stereocenters. The molecule has 1 saturated carbocycles. The third-order valence-corrected chi connectivity index (χ3v) is 4.29. The predicted octanol–water partition coefficient (Wildman–Crippen LogP) is 1.31. The van der Waals surface area contributed by atoms with Crippen LogP contribution in [0.4, 0.5) is 0 Å². The van der Waals surface area contributed by atoms with Gasteiger partial charge in [-0.15, -0.1) is 12.4 Å². The van der Waals surface area contributed by atoms with Gasteiger partial charge in [-0.3, -0.25) is 9.59 Å². The third-order valence-electron chi connectivity index (χ3n) is 4.29. The summed E-state index contributed by atoms with van der Waals surface area (Å²) >= 11 is 0. The van der Waals surface area contributed by atoms with Gasteiger partial charge >= 0.3 is 0 Å². The van der Waals surface area contributed by atoms with Crippen molar-refractivity contribution in [3.05, 3.63) is 0 Å². The highest BCUT2D eigenvalue weighted by Gasteiger charge is 2.35. The van der Waals surface area contributed by atoms with Crippen LogP contribution in [0.5, 0.6) is 0 Å². The monoisotopic (exact) mass is 319 g/mol. The average molecular weight is 320 g/mol. The second kappa shape index (κ2) is 10.0. The Morgan fingerprint density at radius 3 is 2.38 bits per heavy atom. The molecule has 5 nitrogen and oxygen atoms in total. The first-order valence-corrected chi connectivity index (χ1v) is 7.70. The van der Waals surface area contributed by atoms with Crippen molar-refractivity contribution >= 4 is 24.2 Å². The van der Waals surface area contributed by atoms with Crippen molar-refractivity contribution in [3.63, 3.8) is 0 Å². The van der Waals surface area contributed by atoms with Gasteiger partial charge in [0.2, 0.25) is 11.8 Å². The molecule has 1 rings (SSSR count). The summed E-state index contributed by atoms with van der Waals surface area (Å²) < 4.78 is 0. The molecule has 21 heavy (non-hydrogen) atoms. The molecule has 0 aromatic heterocycles. The first kappa shape index (κ1) is 20.2. The van der Waals surface area contributed by atoms with Gasteiger partial charge in [-0.05, 0) is 30.6 Å². The largest absolute Gasteiger partial charge is 0.354 e. The van der Waals surface area contributed by atoms with Gasteiger partial charge in [0.1, 0.15) is 0 Å². The Kier molecular flexibility index (Phi) is 9.62. The van der Waals surface area contributed by atoms with Crippen molar-refractivity contribution in [1.29, 1.82) is 0 Å². The van der Waals surface area contributed by atoms with Crippen molar-refractivity contribution in [2.45, 2.75) is 40.0 Å².